The lowest BCUT2D eigenvalue weighted by Gasteiger charge is -2.12. The molecule has 2 aromatic carbocycles. The minimum atomic E-state index is -0.572. The topological polar surface area (TPSA) is 63.7 Å². The molecule has 0 atom stereocenters. The van der Waals surface area contributed by atoms with E-state index in [-0.39, 0.29) is 19.3 Å². The summed E-state index contributed by atoms with van der Waals surface area (Å²) in [6, 6.07) is 18.3. The van der Waals surface area contributed by atoms with Crippen LogP contribution in [0.4, 0.5) is 0 Å². The largest absolute Gasteiger partial charge is 0.333 e. The van der Waals surface area contributed by atoms with Gasteiger partial charge in [-0.25, -0.2) is 4.79 Å². The van der Waals surface area contributed by atoms with E-state index in [1.165, 1.54) is 11.1 Å². The maximum absolute atomic E-state index is 11.8. The Bertz CT molecular complexity index is 752. The summed E-state index contributed by atoms with van der Waals surface area (Å²) < 4.78 is 0. The van der Waals surface area contributed by atoms with Gasteiger partial charge in [0.15, 0.2) is 0 Å². The van der Waals surface area contributed by atoms with Crippen molar-refractivity contribution in [1.82, 2.24) is 5.06 Å². The Hall–Kier alpha value is -2.95. The van der Waals surface area contributed by atoms with Gasteiger partial charge in [-0.2, -0.15) is 0 Å². The standard InChI is InChI=1S/C20H19NO4/c22-18-11-12-19(23)21(18)25-20(24)13-10-15-6-8-17(9-7-15)14-16-4-2-1-3-5-16/h1-9H,10-14H2. The third-order valence-corrected chi connectivity index (χ3v) is 4.09. The number of amides is 2. The fourth-order valence-electron chi connectivity index (χ4n) is 2.71. The first kappa shape index (κ1) is 16.9. The molecule has 1 heterocycles. The molecule has 5 heteroatoms. The lowest BCUT2D eigenvalue weighted by molar-refractivity contribution is -0.197. The van der Waals surface area contributed by atoms with Crippen molar-refractivity contribution < 1.29 is 19.2 Å². The van der Waals surface area contributed by atoms with Crippen LogP contribution in [0.5, 0.6) is 0 Å². The highest BCUT2D eigenvalue weighted by molar-refractivity contribution is 6.01. The summed E-state index contributed by atoms with van der Waals surface area (Å²) in [5.74, 6) is -1.48. The van der Waals surface area contributed by atoms with Gasteiger partial charge in [-0.15, -0.1) is 5.06 Å². The fourth-order valence-corrected chi connectivity index (χ4v) is 2.71. The second-order valence-electron chi connectivity index (χ2n) is 6.02. The maximum Gasteiger partial charge on any atom is 0.333 e. The summed E-state index contributed by atoms with van der Waals surface area (Å²) in [5.41, 5.74) is 3.46. The van der Waals surface area contributed by atoms with Gasteiger partial charge in [0, 0.05) is 12.8 Å². The van der Waals surface area contributed by atoms with Gasteiger partial charge < -0.3 is 4.84 Å². The molecule has 0 unspecified atom stereocenters. The summed E-state index contributed by atoms with van der Waals surface area (Å²) in [5, 5.41) is 0.589. The lowest BCUT2D eigenvalue weighted by Crippen LogP contribution is -2.32. The van der Waals surface area contributed by atoms with Crippen molar-refractivity contribution in [3.05, 3.63) is 71.3 Å². The minimum absolute atomic E-state index is 0.106. The molecule has 0 saturated carbocycles. The fraction of sp³-hybridized carbons (Fsp3) is 0.250. The number of aryl methyl sites for hydroxylation is 1. The molecule has 5 nitrogen and oxygen atoms in total. The van der Waals surface area contributed by atoms with Crippen LogP contribution in [0, 0.1) is 0 Å². The van der Waals surface area contributed by atoms with E-state index in [2.05, 4.69) is 12.1 Å². The van der Waals surface area contributed by atoms with Crippen molar-refractivity contribution in [3.63, 3.8) is 0 Å². The predicted molar refractivity (Wildman–Crippen MR) is 91.2 cm³/mol. The average Bonchev–Trinajstić information content (AvgIpc) is 2.94. The molecule has 128 valence electrons. The zero-order chi connectivity index (χ0) is 17.6. The number of benzene rings is 2. The molecule has 0 N–H and O–H groups in total. The van der Waals surface area contributed by atoms with E-state index in [0.29, 0.717) is 11.5 Å². The van der Waals surface area contributed by atoms with Gasteiger partial charge in [0.2, 0.25) is 0 Å². The van der Waals surface area contributed by atoms with Gasteiger partial charge in [-0.3, -0.25) is 9.59 Å². The highest BCUT2D eigenvalue weighted by Gasteiger charge is 2.32. The van der Waals surface area contributed by atoms with E-state index in [1.807, 2.05) is 42.5 Å². The van der Waals surface area contributed by atoms with Crippen LogP contribution < -0.4 is 0 Å². The number of hydrogen-bond donors (Lipinski definition) is 0. The second kappa shape index (κ2) is 7.75. The van der Waals surface area contributed by atoms with Crippen LogP contribution in [0.3, 0.4) is 0 Å². The normalized spacial score (nSPS) is 14.0. The van der Waals surface area contributed by atoms with Crippen molar-refractivity contribution in [2.24, 2.45) is 0 Å². The van der Waals surface area contributed by atoms with Gasteiger partial charge >= 0.3 is 5.97 Å². The molecule has 3 rings (SSSR count). The maximum atomic E-state index is 11.8. The monoisotopic (exact) mass is 337 g/mol. The Morgan fingerprint density at radius 2 is 1.40 bits per heavy atom. The first-order valence-electron chi connectivity index (χ1n) is 8.30. The van der Waals surface area contributed by atoms with E-state index < -0.39 is 17.8 Å². The Balaban J connectivity index is 1.49. The third kappa shape index (κ3) is 4.53. The smallest absolute Gasteiger partial charge is 0.330 e. The quantitative estimate of drug-likeness (QED) is 0.761. The molecule has 0 bridgehead atoms. The Morgan fingerprint density at radius 3 is 2.04 bits per heavy atom. The summed E-state index contributed by atoms with van der Waals surface area (Å²) in [6.45, 7) is 0. The average molecular weight is 337 g/mol. The van der Waals surface area contributed by atoms with Crippen LogP contribution in [0.2, 0.25) is 0 Å². The van der Waals surface area contributed by atoms with Gasteiger partial charge in [0.05, 0.1) is 6.42 Å². The highest BCUT2D eigenvalue weighted by Crippen LogP contribution is 2.15. The number of imide groups is 1. The van der Waals surface area contributed by atoms with Crippen LogP contribution >= 0.6 is 0 Å². The number of carbonyl (C=O) groups excluding carboxylic acids is 3. The molecule has 0 aromatic heterocycles. The summed E-state index contributed by atoms with van der Waals surface area (Å²) in [4.78, 5) is 39.5. The van der Waals surface area contributed by atoms with Gasteiger partial charge in [0.1, 0.15) is 0 Å². The highest BCUT2D eigenvalue weighted by atomic mass is 16.7. The zero-order valence-electron chi connectivity index (χ0n) is 13.8. The molecule has 1 aliphatic heterocycles. The van der Waals surface area contributed by atoms with Gasteiger partial charge in [-0.05, 0) is 29.5 Å². The van der Waals surface area contributed by atoms with Crippen LogP contribution in [0.1, 0.15) is 36.0 Å². The van der Waals surface area contributed by atoms with Gasteiger partial charge in [-0.1, -0.05) is 54.6 Å². The molecule has 2 amide bonds. The molecule has 0 aliphatic carbocycles. The molecule has 1 aliphatic rings. The first-order valence-corrected chi connectivity index (χ1v) is 8.30. The van der Waals surface area contributed by atoms with Crippen LogP contribution in [0.15, 0.2) is 54.6 Å². The lowest BCUT2D eigenvalue weighted by atomic mass is 10.0. The van der Waals surface area contributed by atoms with Crippen molar-refractivity contribution in [2.45, 2.75) is 32.1 Å². The predicted octanol–water partition coefficient (Wildman–Crippen LogP) is 2.82. The molecule has 2 aromatic rings. The Labute approximate surface area is 146 Å². The Kier molecular flexibility index (Phi) is 5.23. The second-order valence-corrected chi connectivity index (χ2v) is 6.02. The third-order valence-electron chi connectivity index (χ3n) is 4.09. The summed E-state index contributed by atoms with van der Waals surface area (Å²) >= 11 is 0. The van der Waals surface area contributed by atoms with Crippen LogP contribution in [-0.2, 0) is 32.1 Å². The number of nitrogens with zero attached hydrogens (tertiary/aromatic N) is 1. The van der Waals surface area contributed by atoms with E-state index in [9.17, 15) is 14.4 Å². The molecule has 0 spiro atoms. The molecular formula is C20H19NO4. The SMILES string of the molecule is O=C(CCc1ccc(Cc2ccccc2)cc1)ON1C(=O)CCC1=O. The van der Waals surface area contributed by atoms with Crippen LogP contribution in [0.25, 0.3) is 0 Å². The molecule has 1 fully saturated rings. The van der Waals surface area contributed by atoms with E-state index >= 15 is 0 Å². The van der Waals surface area contributed by atoms with Crippen LogP contribution in [-0.4, -0.2) is 22.8 Å². The minimum Gasteiger partial charge on any atom is -0.330 e. The van der Waals surface area contributed by atoms with E-state index in [1.54, 1.807) is 0 Å². The van der Waals surface area contributed by atoms with Crippen molar-refractivity contribution in [3.8, 4) is 0 Å². The molecule has 25 heavy (non-hydrogen) atoms. The number of carbonyl (C=O) groups is 3. The van der Waals surface area contributed by atoms with Crippen molar-refractivity contribution in [1.29, 1.82) is 0 Å². The number of hydrogen-bond acceptors (Lipinski definition) is 4. The van der Waals surface area contributed by atoms with E-state index in [0.717, 1.165) is 12.0 Å². The Morgan fingerprint density at radius 1 is 0.840 bits per heavy atom. The van der Waals surface area contributed by atoms with Crippen molar-refractivity contribution >= 4 is 17.8 Å². The summed E-state index contributed by atoms with van der Waals surface area (Å²) in [6.07, 6.45) is 1.70. The molecule has 0 radical (unpaired) electrons. The summed E-state index contributed by atoms with van der Waals surface area (Å²) in [7, 11) is 0. The van der Waals surface area contributed by atoms with Gasteiger partial charge in [0.25, 0.3) is 11.8 Å². The van der Waals surface area contributed by atoms with Crippen molar-refractivity contribution in [2.75, 3.05) is 0 Å². The number of hydroxylamine groups is 2. The zero-order valence-corrected chi connectivity index (χ0v) is 13.8. The molecule has 1 saturated heterocycles. The number of rotatable bonds is 6. The molecular weight excluding hydrogens is 318 g/mol. The first-order chi connectivity index (χ1) is 12.1. The van der Waals surface area contributed by atoms with E-state index in [4.69, 9.17) is 4.84 Å².